The number of anilines is 1. The van der Waals surface area contributed by atoms with Gasteiger partial charge in [0.15, 0.2) is 0 Å². The number of nitrogens with one attached hydrogen (secondary N) is 1. The van der Waals surface area contributed by atoms with Crippen LogP contribution in [-0.2, 0) is 13.1 Å². The number of rotatable bonds is 1. The highest BCUT2D eigenvalue weighted by Crippen LogP contribution is 2.45. The van der Waals surface area contributed by atoms with E-state index in [4.69, 9.17) is 5.73 Å². The molecule has 3 rings (SSSR count). The minimum atomic E-state index is 0.773. The molecule has 1 aromatic rings. The van der Waals surface area contributed by atoms with E-state index in [1.807, 2.05) is 0 Å². The molecule has 3 N–H and O–H groups in total. The highest BCUT2D eigenvalue weighted by Gasteiger charge is 2.30. The Kier molecular flexibility index (Phi) is 1.41. The second-order valence-electron chi connectivity index (χ2n) is 4.08. The lowest BCUT2D eigenvalue weighted by atomic mass is 9.98. The molecule has 68 valence electrons. The highest BCUT2D eigenvalue weighted by atomic mass is 14.9. The SMILES string of the molecule is Nc1ccc2c(c1C1CC1)CNC2. The first kappa shape index (κ1) is 7.39. The molecule has 2 nitrogen and oxygen atoms in total. The van der Waals surface area contributed by atoms with Crippen LogP contribution in [0.1, 0.15) is 35.4 Å². The van der Waals surface area contributed by atoms with Crippen LogP contribution in [0.25, 0.3) is 0 Å². The van der Waals surface area contributed by atoms with Crippen molar-refractivity contribution in [1.29, 1.82) is 0 Å². The predicted molar refractivity (Wildman–Crippen MR) is 53.4 cm³/mol. The normalized spacial score (nSPS) is 20.3. The number of nitrogens with two attached hydrogens (primary N) is 1. The van der Waals surface area contributed by atoms with Crippen LogP contribution in [0.5, 0.6) is 0 Å². The first-order valence-electron chi connectivity index (χ1n) is 4.97. The van der Waals surface area contributed by atoms with Crippen molar-refractivity contribution in [2.45, 2.75) is 31.8 Å². The maximum Gasteiger partial charge on any atom is 0.0352 e. The molecule has 0 radical (unpaired) electrons. The Bertz CT molecular complexity index is 353. The van der Waals surface area contributed by atoms with Gasteiger partial charge in [0.2, 0.25) is 0 Å². The molecule has 0 atom stereocenters. The molecule has 0 aromatic heterocycles. The van der Waals surface area contributed by atoms with Gasteiger partial charge in [0.05, 0.1) is 0 Å². The molecular weight excluding hydrogens is 160 g/mol. The van der Waals surface area contributed by atoms with Crippen LogP contribution in [0.3, 0.4) is 0 Å². The molecule has 0 amide bonds. The molecule has 13 heavy (non-hydrogen) atoms. The Morgan fingerprint density at radius 3 is 2.85 bits per heavy atom. The molecule has 2 heteroatoms. The standard InChI is InChI=1S/C11H14N2/c12-10-4-3-8-5-13-6-9(8)11(10)7-1-2-7/h3-4,7,13H,1-2,5-6,12H2. The van der Waals surface area contributed by atoms with E-state index in [1.165, 1.54) is 29.5 Å². The summed E-state index contributed by atoms with van der Waals surface area (Å²) in [6, 6.07) is 4.23. The Labute approximate surface area is 78.1 Å². The molecule has 0 bridgehead atoms. The predicted octanol–water partition coefficient (Wildman–Crippen LogP) is 1.75. The number of benzene rings is 1. The van der Waals surface area contributed by atoms with Crippen molar-refractivity contribution in [3.8, 4) is 0 Å². The second-order valence-corrected chi connectivity index (χ2v) is 4.08. The zero-order valence-corrected chi connectivity index (χ0v) is 7.64. The Balaban J connectivity index is 2.18. The fraction of sp³-hybridized carbons (Fsp3) is 0.455. The van der Waals surface area contributed by atoms with Crippen LogP contribution < -0.4 is 11.1 Å². The summed E-state index contributed by atoms with van der Waals surface area (Å²) >= 11 is 0. The summed E-state index contributed by atoms with van der Waals surface area (Å²) in [5.74, 6) is 0.773. The van der Waals surface area contributed by atoms with Gasteiger partial charge in [-0.15, -0.1) is 0 Å². The first-order valence-corrected chi connectivity index (χ1v) is 4.97. The summed E-state index contributed by atoms with van der Waals surface area (Å²) in [6.07, 6.45) is 2.67. The summed E-state index contributed by atoms with van der Waals surface area (Å²) in [5.41, 5.74) is 11.4. The van der Waals surface area contributed by atoms with Crippen molar-refractivity contribution in [2.24, 2.45) is 0 Å². The van der Waals surface area contributed by atoms with Gasteiger partial charge >= 0.3 is 0 Å². The van der Waals surface area contributed by atoms with Crippen LogP contribution in [0.4, 0.5) is 5.69 Å². The zero-order valence-electron chi connectivity index (χ0n) is 7.64. The van der Waals surface area contributed by atoms with E-state index in [0.29, 0.717) is 0 Å². The topological polar surface area (TPSA) is 38.0 Å². The van der Waals surface area contributed by atoms with E-state index >= 15 is 0 Å². The fourth-order valence-electron chi connectivity index (χ4n) is 2.28. The Morgan fingerprint density at radius 1 is 1.23 bits per heavy atom. The molecule has 1 aliphatic carbocycles. The average Bonchev–Trinajstić information content (AvgIpc) is 2.82. The maximum atomic E-state index is 6.01. The third kappa shape index (κ3) is 1.05. The van der Waals surface area contributed by atoms with Crippen molar-refractivity contribution < 1.29 is 0 Å². The Hall–Kier alpha value is -1.02. The van der Waals surface area contributed by atoms with Gasteiger partial charge in [-0.3, -0.25) is 0 Å². The molecule has 1 saturated carbocycles. The minimum absolute atomic E-state index is 0.773. The van der Waals surface area contributed by atoms with Crippen LogP contribution >= 0.6 is 0 Å². The fourth-order valence-corrected chi connectivity index (χ4v) is 2.28. The third-order valence-corrected chi connectivity index (χ3v) is 3.09. The van der Waals surface area contributed by atoms with E-state index in [9.17, 15) is 0 Å². The largest absolute Gasteiger partial charge is 0.398 e. The summed E-state index contributed by atoms with van der Waals surface area (Å²) in [7, 11) is 0. The molecule has 0 saturated heterocycles. The van der Waals surface area contributed by atoms with E-state index < -0.39 is 0 Å². The van der Waals surface area contributed by atoms with Crippen molar-refractivity contribution in [3.05, 3.63) is 28.8 Å². The summed E-state index contributed by atoms with van der Waals surface area (Å²) in [6.45, 7) is 2.04. The molecule has 2 aliphatic rings. The lowest BCUT2D eigenvalue weighted by molar-refractivity contribution is 0.762. The van der Waals surface area contributed by atoms with Gasteiger partial charge in [-0.2, -0.15) is 0 Å². The van der Waals surface area contributed by atoms with Crippen LogP contribution in [0.15, 0.2) is 12.1 Å². The van der Waals surface area contributed by atoms with E-state index in [1.54, 1.807) is 0 Å². The van der Waals surface area contributed by atoms with E-state index in [-0.39, 0.29) is 0 Å². The monoisotopic (exact) mass is 174 g/mol. The van der Waals surface area contributed by atoms with Gasteiger partial charge in [0.1, 0.15) is 0 Å². The Morgan fingerprint density at radius 2 is 2.08 bits per heavy atom. The molecule has 0 spiro atoms. The molecule has 1 aliphatic heterocycles. The van der Waals surface area contributed by atoms with E-state index in [2.05, 4.69) is 17.4 Å². The van der Waals surface area contributed by atoms with Gasteiger partial charge in [-0.1, -0.05) is 6.07 Å². The van der Waals surface area contributed by atoms with Crippen molar-refractivity contribution in [3.63, 3.8) is 0 Å². The molecule has 1 aromatic carbocycles. The highest BCUT2D eigenvalue weighted by molar-refractivity contribution is 5.58. The van der Waals surface area contributed by atoms with Gasteiger partial charge in [-0.25, -0.2) is 0 Å². The lowest BCUT2D eigenvalue weighted by Crippen LogP contribution is -2.02. The number of nitrogen functional groups attached to an aromatic ring is 1. The second kappa shape index (κ2) is 2.48. The zero-order chi connectivity index (χ0) is 8.84. The van der Waals surface area contributed by atoms with E-state index in [0.717, 1.165) is 24.7 Å². The smallest absolute Gasteiger partial charge is 0.0352 e. The molecule has 0 unspecified atom stereocenters. The maximum absolute atomic E-state index is 6.01. The third-order valence-electron chi connectivity index (χ3n) is 3.09. The summed E-state index contributed by atoms with van der Waals surface area (Å²) in [4.78, 5) is 0. The van der Waals surface area contributed by atoms with Crippen molar-refractivity contribution in [2.75, 3.05) is 5.73 Å². The van der Waals surface area contributed by atoms with Gasteiger partial charge in [0.25, 0.3) is 0 Å². The minimum Gasteiger partial charge on any atom is -0.398 e. The van der Waals surface area contributed by atoms with Crippen molar-refractivity contribution >= 4 is 5.69 Å². The quantitative estimate of drug-likeness (QED) is 0.636. The van der Waals surface area contributed by atoms with Crippen LogP contribution in [0, 0.1) is 0 Å². The van der Waals surface area contributed by atoms with Gasteiger partial charge in [-0.05, 0) is 41.5 Å². The lowest BCUT2D eigenvalue weighted by Gasteiger charge is -2.09. The molecule has 1 fully saturated rings. The van der Waals surface area contributed by atoms with Crippen LogP contribution in [-0.4, -0.2) is 0 Å². The number of fused-ring (bicyclic) bond motifs is 1. The first-order chi connectivity index (χ1) is 6.36. The average molecular weight is 174 g/mol. The van der Waals surface area contributed by atoms with Gasteiger partial charge < -0.3 is 11.1 Å². The molecular formula is C11H14N2. The summed E-state index contributed by atoms with van der Waals surface area (Å²) in [5, 5.41) is 3.38. The van der Waals surface area contributed by atoms with Crippen molar-refractivity contribution in [1.82, 2.24) is 5.32 Å². The number of hydrogen-bond acceptors (Lipinski definition) is 2. The molecule has 1 heterocycles. The van der Waals surface area contributed by atoms with Crippen LogP contribution in [0.2, 0.25) is 0 Å². The summed E-state index contributed by atoms with van der Waals surface area (Å²) < 4.78 is 0. The van der Waals surface area contributed by atoms with Gasteiger partial charge in [0, 0.05) is 18.8 Å². The number of hydrogen-bond donors (Lipinski definition) is 2.